The van der Waals surface area contributed by atoms with Gasteiger partial charge in [-0.15, -0.1) is 11.3 Å². The molecule has 2 heterocycles. The van der Waals surface area contributed by atoms with Gasteiger partial charge >= 0.3 is 0 Å². The molecule has 3 rings (SSSR count). The third-order valence-corrected chi connectivity index (χ3v) is 4.58. The zero-order valence-corrected chi connectivity index (χ0v) is 12.1. The zero-order valence-electron chi connectivity index (χ0n) is 11.3. The van der Waals surface area contributed by atoms with Crippen LogP contribution >= 0.6 is 11.3 Å². The normalized spacial score (nSPS) is 22.2. The van der Waals surface area contributed by atoms with Crippen molar-refractivity contribution in [3.05, 3.63) is 29.3 Å². The lowest BCUT2D eigenvalue weighted by molar-refractivity contribution is -0.125. The second-order valence-electron chi connectivity index (χ2n) is 4.83. The molecule has 0 saturated carbocycles. The lowest BCUT2D eigenvalue weighted by atomic mass is 10.0. The molecular weight excluding hydrogens is 274 g/mol. The summed E-state index contributed by atoms with van der Waals surface area (Å²) < 4.78 is 6.49. The lowest BCUT2D eigenvalue weighted by Crippen LogP contribution is -2.42. The monoisotopic (exact) mass is 291 g/mol. The van der Waals surface area contributed by atoms with Crippen LogP contribution in [-0.2, 0) is 16.1 Å². The highest BCUT2D eigenvalue weighted by Gasteiger charge is 2.32. The molecular formula is C14H17N3O2S. The van der Waals surface area contributed by atoms with Crippen LogP contribution in [0.15, 0.2) is 24.3 Å². The number of ether oxygens (including phenoxy) is 1. The number of hydrogen-bond acceptors (Lipinski definition) is 5. The van der Waals surface area contributed by atoms with Crippen molar-refractivity contribution in [2.45, 2.75) is 12.6 Å². The minimum absolute atomic E-state index is 0.0288. The number of para-hydroxylation sites is 1. The number of aromatic nitrogens is 1. The molecule has 1 amide bonds. The molecule has 1 aliphatic heterocycles. The van der Waals surface area contributed by atoms with Crippen LogP contribution in [0.5, 0.6) is 0 Å². The molecule has 1 fully saturated rings. The number of fused-ring (bicyclic) bond motifs is 1. The van der Waals surface area contributed by atoms with Gasteiger partial charge < -0.3 is 15.4 Å². The van der Waals surface area contributed by atoms with Gasteiger partial charge in [0.05, 0.1) is 35.9 Å². The summed E-state index contributed by atoms with van der Waals surface area (Å²) in [6, 6.07) is 8.10. The van der Waals surface area contributed by atoms with E-state index >= 15 is 0 Å². The third-order valence-electron chi connectivity index (χ3n) is 3.54. The molecule has 2 unspecified atom stereocenters. The average molecular weight is 291 g/mol. The Hall–Kier alpha value is -1.50. The van der Waals surface area contributed by atoms with Gasteiger partial charge in [-0.25, -0.2) is 4.98 Å². The predicted octanol–water partition coefficient (Wildman–Crippen LogP) is 1.15. The largest absolute Gasteiger partial charge is 0.379 e. The maximum atomic E-state index is 12.1. The number of carbonyl (C=O) groups excluding carboxylic acids is 1. The highest BCUT2D eigenvalue weighted by atomic mass is 32.1. The van der Waals surface area contributed by atoms with Gasteiger partial charge in [0.15, 0.2) is 0 Å². The molecule has 2 aromatic rings. The van der Waals surface area contributed by atoms with E-state index in [0.29, 0.717) is 19.8 Å². The Kier molecular flexibility index (Phi) is 3.95. The summed E-state index contributed by atoms with van der Waals surface area (Å²) in [5, 5.41) is 7.00. The van der Waals surface area contributed by atoms with E-state index in [-0.39, 0.29) is 17.9 Å². The first-order valence-electron chi connectivity index (χ1n) is 6.65. The Bertz CT molecular complexity index is 580. The molecule has 0 radical (unpaired) electrons. The fourth-order valence-electron chi connectivity index (χ4n) is 2.39. The lowest BCUT2D eigenvalue weighted by Gasteiger charge is -2.15. The van der Waals surface area contributed by atoms with Crippen LogP contribution in [0.4, 0.5) is 0 Å². The van der Waals surface area contributed by atoms with Gasteiger partial charge in [-0.05, 0) is 19.2 Å². The summed E-state index contributed by atoms with van der Waals surface area (Å²) in [5.74, 6) is -0.0875. The first-order valence-corrected chi connectivity index (χ1v) is 7.47. The molecule has 0 aliphatic carbocycles. The molecule has 5 nitrogen and oxygen atoms in total. The van der Waals surface area contributed by atoms with E-state index in [4.69, 9.17) is 4.74 Å². The van der Waals surface area contributed by atoms with Crippen molar-refractivity contribution >= 4 is 27.5 Å². The van der Waals surface area contributed by atoms with Gasteiger partial charge in [-0.1, -0.05) is 12.1 Å². The Morgan fingerprint density at radius 2 is 2.30 bits per heavy atom. The zero-order chi connectivity index (χ0) is 13.9. The maximum Gasteiger partial charge on any atom is 0.227 e. The van der Waals surface area contributed by atoms with Crippen LogP contribution in [0.3, 0.4) is 0 Å². The number of likely N-dealkylation sites (N-methyl/N-ethyl adjacent to an activating group) is 1. The Labute approximate surface area is 121 Å². The second kappa shape index (κ2) is 5.87. The molecule has 20 heavy (non-hydrogen) atoms. The minimum Gasteiger partial charge on any atom is -0.379 e. The fraction of sp³-hybridized carbons (Fsp3) is 0.429. The van der Waals surface area contributed by atoms with Gasteiger partial charge in [0.2, 0.25) is 5.91 Å². The Balaban J connectivity index is 1.62. The standard InChI is InChI=1S/C14H17N3O2S/c1-15-11-8-19-7-9(11)14(18)16-6-13-17-10-4-2-3-5-12(10)20-13/h2-5,9,11,15H,6-8H2,1H3,(H,16,18). The molecule has 1 aromatic carbocycles. The van der Waals surface area contributed by atoms with Crippen molar-refractivity contribution in [3.63, 3.8) is 0 Å². The summed E-state index contributed by atoms with van der Waals surface area (Å²) in [4.78, 5) is 16.7. The highest BCUT2D eigenvalue weighted by Crippen LogP contribution is 2.21. The van der Waals surface area contributed by atoms with Gasteiger partial charge in [0.25, 0.3) is 0 Å². The molecule has 0 spiro atoms. The van der Waals surface area contributed by atoms with E-state index in [2.05, 4.69) is 15.6 Å². The van der Waals surface area contributed by atoms with E-state index < -0.39 is 0 Å². The fourth-order valence-corrected chi connectivity index (χ4v) is 3.29. The van der Waals surface area contributed by atoms with Crippen molar-refractivity contribution in [1.82, 2.24) is 15.6 Å². The van der Waals surface area contributed by atoms with Gasteiger partial charge in [-0.3, -0.25) is 4.79 Å². The van der Waals surface area contributed by atoms with Crippen molar-refractivity contribution in [1.29, 1.82) is 0 Å². The SMILES string of the molecule is CNC1COCC1C(=O)NCc1nc2ccccc2s1. The van der Waals surface area contributed by atoms with Crippen LogP contribution in [0.1, 0.15) is 5.01 Å². The summed E-state index contributed by atoms with van der Waals surface area (Å²) >= 11 is 1.62. The quantitative estimate of drug-likeness (QED) is 0.887. The van der Waals surface area contributed by atoms with Gasteiger partial charge in [0.1, 0.15) is 5.01 Å². The molecule has 1 aromatic heterocycles. The van der Waals surface area contributed by atoms with E-state index in [0.717, 1.165) is 15.2 Å². The predicted molar refractivity (Wildman–Crippen MR) is 78.6 cm³/mol. The van der Waals surface area contributed by atoms with Crippen LogP contribution in [0.2, 0.25) is 0 Å². The molecule has 1 aliphatic rings. The Morgan fingerprint density at radius 3 is 3.10 bits per heavy atom. The molecule has 0 bridgehead atoms. The van der Waals surface area contributed by atoms with Crippen LogP contribution < -0.4 is 10.6 Å². The van der Waals surface area contributed by atoms with Crippen LogP contribution in [-0.4, -0.2) is 37.2 Å². The Morgan fingerprint density at radius 1 is 1.45 bits per heavy atom. The number of benzene rings is 1. The van der Waals surface area contributed by atoms with Crippen LogP contribution in [0.25, 0.3) is 10.2 Å². The number of hydrogen-bond donors (Lipinski definition) is 2. The second-order valence-corrected chi connectivity index (χ2v) is 5.95. The van der Waals surface area contributed by atoms with Gasteiger partial charge in [-0.2, -0.15) is 0 Å². The average Bonchev–Trinajstić information content (AvgIpc) is 3.10. The number of carbonyl (C=O) groups is 1. The highest BCUT2D eigenvalue weighted by molar-refractivity contribution is 7.18. The van der Waals surface area contributed by atoms with Crippen molar-refractivity contribution in [3.8, 4) is 0 Å². The summed E-state index contributed by atoms with van der Waals surface area (Å²) in [5.41, 5.74) is 0.985. The summed E-state index contributed by atoms with van der Waals surface area (Å²) in [6.07, 6.45) is 0. The molecule has 106 valence electrons. The number of nitrogens with one attached hydrogen (secondary N) is 2. The summed E-state index contributed by atoms with van der Waals surface area (Å²) in [7, 11) is 1.85. The molecule has 1 saturated heterocycles. The minimum atomic E-state index is -0.116. The van der Waals surface area contributed by atoms with E-state index in [9.17, 15) is 4.79 Å². The van der Waals surface area contributed by atoms with Crippen molar-refractivity contribution in [2.24, 2.45) is 5.92 Å². The molecule has 2 N–H and O–H groups in total. The summed E-state index contributed by atoms with van der Waals surface area (Å²) in [6.45, 7) is 1.55. The number of nitrogens with zero attached hydrogens (tertiary/aromatic N) is 1. The van der Waals surface area contributed by atoms with E-state index in [1.165, 1.54) is 0 Å². The number of amides is 1. The van der Waals surface area contributed by atoms with Crippen molar-refractivity contribution in [2.75, 3.05) is 20.3 Å². The first-order chi connectivity index (χ1) is 9.78. The van der Waals surface area contributed by atoms with E-state index in [1.807, 2.05) is 31.3 Å². The molecule has 6 heteroatoms. The van der Waals surface area contributed by atoms with Gasteiger partial charge in [0, 0.05) is 6.04 Å². The third kappa shape index (κ3) is 2.67. The number of rotatable bonds is 4. The maximum absolute atomic E-state index is 12.1. The topological polar surface area (TPSA) is 63.2 Å². The first kappa shape index (κ1) is 13.5. The number of thiazole rings is 1. The smallest absolute Gasteiger partial charge is 0.227 e. The van der Waals surface area contributed by atoms with Crippen molar-refractivity contribution < 1.29 is 9.53 Å². The molecule has 2 atom stereocenters. The van der Waals surface area contributed by atoms with Crippen LogP contribution in [0, 0.1) is 5.92 Å². The van der Waals surface area contributed by atoms with E-state index in [1.54, 1.807) is 11.3 Å².